The van der Waals surface area contributed by atoms with Gasteiger partial charge in [0.15, 0.2) is 5.82 Å². The molecule has 2 aromatic carbocycles. The van der Waals surface area contributed by atoms with Gasteiger partial charge in [-0.3, -0.25) is 9.36 Å². The van der Waals surface area contributed by atoms with E-state index in [2.05, 4.69) is 51.2 Å². The van der Waals surface area contributed by atoms with Crippen LogP contribution in [0.4, 0.5) is 17.3 Å². The number of hydrogen-bond donors (Lipinski definition) is 2. The zero-order valence-corrected chi connectivity index (χ0v) is 21.3. The minimum absolute atomic E-state index is 0.364. The Kier molecular flexibility index (Phi) is 6.80. The summed E-state index contributed by atoms with van der Waals surface area (Å²) in [5.41, 5.74) is 10.1. The van der Waals surface area contributed by atoms with Gasteiger partial charge in [-0.2, -0.15) is 4.98 Å². The molecule has 1 saturated heterocycles. The number of anilines is 3. The van der Waals surface area contributed by atoms with Gasteiger partial charge in [0, 0.05) is 43.1 Å². The summed E-state index contributed by atoms with van der Waals surface area (Å²) in [6, 6.07) is 13.8. The number of benzene rings is 2. The number of carbonyl (C=O) groups excluding carboxylic acids is 1. The van der Waals surface area contributed by atoms with Crippen LogP contribution in [0.2, 0.25) is 5.02 Å². The van der Waals surface area contributed by atoms with Crippen LogP contribution in [0.5, 0.6) is 0 Å². The second-order valence-corrected chi connectivity index (χ2v) is 9.66. The fourth-order valence-corrected chi connectivity index (χ4v) is 5.03. The lowest BCUT2D eigenvalue weighted by molar-refractivity contribution is 0.100. The van der Waals surface area contributed by atoms with Gasteiger partial charge in [-0.05, 0) is 62.7 Å². The predicted octanol–water partition coefficient (Wildman–Crippen LogP) is 4.76. The summed E-state index contributed by atoms with van der Waals surface area (Å²) in [5.74, 6) is 0.365. The Morgan fingerprint density at radius 1 is 1.19 bits per heavy atom. The first-order chi connectivity index (χ1) is 17.4. The normalized spacial score (nSPS) is 13.9. The second-order valence-electron chi connectivity index (χ2n) is 9.26. The van der Waals surface area contributed by atoms with Crippen LogP contribution < -0.4 is 16.0 Å². The Bertz CT molecular complexity index is 1410. The number of carbonyl (C=O) groups is 1. The Morgan fingerprint density at radius 2 is 1.97 bits per heavy atom. The number of rotatable bonds is 8. The summed E-state index contributed by atoms with van der Waals surface area (Å²) in [5, 5.41) is 4.40. The molecule has 186 valence electrons. The van der Waals surface area contributed by atoms with Crippen molar-refractivity contribution < 1.29 is 4.79 Å². The summed E-state index contributed by atoms with van der Waals surface area (Å²) in [4.78, 5) is 25.9. The first-order valence-corrected chi connectivity index (χ1v) is 12.5. The van der Waals surface area contributed by atoms with Crippen LogP contribution in [0.15, 0.2) is 54.9 Å². The van der Waals surface area contributed by atoms with E-state index in [0.717, 1.165) is 29.7 Å². The number of nitrogens with zero attached hydrogens (tertiary/aromatic N) is 5. The standard InChI is InChI=1S/C27H30ClN7O/c1-18-15-19(9-10-23(18)33(2)13-14-34-11-5-6-12-34)31-27-30-16-22(28)26(32-27)35-17-21(25(29)36)20-7-3-4-8-24(20)35/h3-4,7-10,15-17H,5-6,11-14H2,1-2H3,(H2,29,36)(H,30,31,32). The van der Waals surface area contributed by atoms with Gasteiger partial charge in [0.2, 0.25) is 5.95 Å². The average molecular weight is 504 g/mol. The maximum Gasteiger partial charge on any atom is 0.250 e. The molecule has 3 heterocycles. The van der Waals surface area contributed by atoms with Crippen molar-refractivity contribution in [2.24, 2.45) is 5.73 Å². The minimum Gasteiger partial charge on any atom is -0.373 e. The number of primary amides is 1. The van der Waals surface area contributed by atoms with Crippen molar-refractivity contribution >= 4 is 45.7 Å². The third kappa shape index (κ3) is 4.87. The van der Waals surface area contributed by atoms with Gasteiger partial charge in [-0.15, -0.1) is 0 Å². The van der Waals surface area contributed by atoms with Crippen LogP contribution in [0.3, 0.4) is 0 Å². The Morgan fingerprint density at radius 3 is 2.72 bits per heavy atom. The quantitative estimate of drug-likeness (QED) is 0.360. The summed E-state index contributed by atoms with van der Waals surface area (Å²) >= 11 is 6.48. The van der Waals surface area contributed by atoms with Gasteiger partial charge in [0.25, 0.3) is 5.91 Å². The SMILES string of the molecule is Cc1cc(Nc2ncc(Cl)c(-n3cc(C(N)=O)c4ccccc43)n2)ccc1N(C)CCN1CCCC1. The number of aromatic nitrogens is 3. The second kappa shape index (κ2) is 10.2. The van der Waals surface area contributed by atoms with Crippen LogP contribution in [0.1, 0.15) is 28.8 Å². The lowest BCUT2D eigenvalue weighted by Crippen LogP contribution is -2.31. The molecule has 1 aliphatic rings. The third-order valence-electron chi connectivity index (χ3n) is 6.75. The van der Waals surface area contributed by atoms with Gasteiger partial charge >= 0.3 is 0 Å². The van der Waals surface area contributed by atoms with Crippen molar-refractivity contribution in [1.29, 1.82) is 0 Å². The number of hydrogen-bond acceptors (Lipinski definition) is 6. The smallest absolute Gasteiger partial charge is 0.250 e. The first-order valence-electron chi connectivity index (χ1n) is 12.1. The minimum atomic E-state index is -0.505. The molecule has 5 rings (SSSR count). The van der Waals surface area contributed by atoms with Crippen molar-refractivity contribution in [3.8, 4) is 5.82 Å². The number of halogens is 1. The van der Waals surface area contributed by atoms with E-state index < -0.39 is 5.91 Å². The van der Waals surface area contributed by atoms with E-state index >= 15 is 0 Å². The molecule has 0 radical (unpaired) electrons. The van der Waals surface area contributed by atoms with Crippen molar-refractivity contribution in [3.63, 3.8) is 0 Å². The molecular formula is C27H30ClN7O. The molecule has 0 aliphatic carbocycles. The highest BCUT2D eigenvalue weighted by Gasteiger charge is 2.17. The predicted molar refractivity (Wildman–Crippen MR) is 146 cm³/mol. The van der Waals surface area contributed by atoms with Crippen LogP contribution in [0, 0.1) is 6.92 Å². The molecule has 36 heavy (non-hydrogen) atoms. The Labute approximate surface area is 215 Å². The van der Waals surface area contributed by atoms with Gasteiger partial charge < -0.3 is 20.9 Å². The van der Waals surface area contributed by atoms with Crippen molar-refractivity contribution in [2.75, 3.05) is 43.4 Å². The number of nitrogens with one attached hydrogen (secondary N) is 1. The van der Waals surface area contributed by atoms with Crippen LogP contribution >= 0.6 is 11.6 Å². The topological polar surface area (TPSA) is 92.3 Å². The molecule has 9 heteroatoms. The van der Waals surface area contributed by atoms with Gasteiger partial charge in [0.1, 0.15) is 5.02 Å². The Balaban J connectivity index is 1.37. The number of likely N-dealkylation sites (tertiary alicyclic amines) is 1. The van der Waals surface area contributed by atoms with Gasteiger partial charge in [-0.1, -0.05) is 29.8 Å². The van der Waals surface area contributed by atoms with Gasteiger partial charge in [0.05, 0.1) is 17.3 Å². The van der Waals surface area contributed by atoms with Gasteiger partial charge in [-0.25, -0.2) is 4.98 Å². The lowest BCUT2D eigenvalue weighted by Gasteiger charge is -2.25. The molecule has 0 unspecified atom stereocenters. The van der Waals surface area contributed by atoms with E-state index in [1.165, 1.54) is 37.2 Å². The summed E-state index contributed by atoms with van der Waals surface area (Å²) < 4.78 is 1.77. The number of fused-ring (bicyclic) bond motifs is 1. The van der Waals surface area contributed by atoms with Crippen molar-refractivity contribution in [2.45, 2.75) is 19.8 Å². The molecule has 8 nitrogen and oxygen atoms in total. The molecule has 4 aromatic rings. The molecular weight excluding hydrogens is 474 g/mol. The maximum atomic E-state index is 12.0. The number of nitrogens with two attached hydrogens (primary N) is 1. The number of amides is 1. The molecule has 0 saturated carbocycles. The zero-order valence-electron chi connectivity index (χ0n) is 20.5. The number of para-hydroxylation sites is 1. The number of aryl methyl sites for hydroxylation is 1. The number of likely N-dealkylation sites (N-methyl/N-ethyl adjacent to an activating group) is 1. The fraction of sp³-hybridized carbons (Fsp3) is 0.296. The van der Waals surface area contributed by atoms with Crippen LogP contribution in [-0.2, 0) is 0 Å². The highest BCUT2D eigenvalue weighted by Crippen LogP contribution is 2.29. The molecule has 1 fully saturated rings. The first kappa shape index (κ1) is 24.1. The van der Waals surface area contributed by atoms with E-state index in [4.69, 9.17) is 17.3 Å². The van der Waals surface area contributed by atoms with E-state index in [1.54, 1.807) is 17.0 Å². The van der Waals surface area contributed by atoms with E-state index in [0.29, 0.717) is 22.4 Å². The summed E-state index contributed by atoms with van der Waals surface area (Å²) in [6.07, 6.45) is 5.84. The summed E-state index contributed by atoms with van der Waals surface area (Å²) in [7, 11) is 2.14. The highest BCUT2D eigenvalue weighted by molar-refractivity contribution is 6.32. The van der Waals surface area contributed by atoms with Crippen LogP contribution in [-0.4, -0.2) is 58.6 Å². The molecule has 2 aromatic heterocycles. The largest absolute Gasteiger partial charge is 0.373 e. The van der Waals surface area contributed by atoms with Crippen LogP contribution in [0.25, 0.3) is 16.7 Å². The average Bonchev–Trinajstić information content (AvgIpc) is 3.52. The van der Waals surface area contributed by atoms with E-state index in [1.807, 2.05) is 30.3 Å². The molecule has 0 atom stereocenters. The van der Waals surface area contributed by atoms with Crippen molar-refractivity contribution in [1.82, 2.24) is 19.4 Å². The zero-order chi connectivity index (χ0) is 25.2. The third-order valence-corrected chi connectivity index (χ3v) is 7.01. The molecule has 1 amide bonds. The summed E-state index contributed by atoms with van der Waals surface area (Å²) in [6.45, 7) is 6.61. The fourth-order valence-electron chi connectivity index (χ4n) is 4.85. The highest BCUT2D eigenvalue weighted by atomic mass is 35.5. The Hall–Kier alpha value is -3.62. The molecule has 1 aliphatic heterocycles. The lowest BCUT2D eigenvalue weighted by atomic mass is 10.1. The van der Waals surface area contributed by atoms with E-state index in [9.17, 15) is 4.79 Å². The monoisotopic (exact) mass is 503 g/mol. The maximum absolute atomic E-state index is 12.0. The molecule has 0 spiro atoms. The van der Waals surface area contributed by atoms with Crippen molar-refractivity contribution in [3.05, 3.63) is 71.0 Å². The molecule has 3 N–H and O–H groups in total. The van der Waals surface area contributed by atoms with E-state index in [-0.39, 0.29) is 0 Å². The molecule has 0 bridgehead atoms.